The molecule has 1 aliphatic carbocycles. The van der Waals surface area contributed by atoms with Crippen LogP contribution in [0, 0.1) is 5.82 Å². The van der Waals surface area contributed by atoms with Crippen molar-refractivity contribution in [2.45, 2.75) is 31.1 Å². The van der Waals surface area contributed by atoms with Crippen LogP contribution in [0.2, 0.25) is 0 Å². The van der Waals surface area contributed by atoms with Crippen LogP contribution in [-0.2, 0) is 25.5 Å². The number of nitrogens with one attached hydrogen (secondary N) is 2. The van der Waals surface area contributed by atoms with Gasteiger partial charge in [-0.1, -0.05) is 17.7 Å². The number of rotatable bonds is 8. The first kappa shape index (κ1) is 28.5. The molecule has 0 bridgehead atoms. The molecule has 1 spiro atoms. The van der Waals surface area contributed by atoms with E-state index in [1.165, 1.54) is 40.8 Å². The predicted octanol–water partition coefficient (Wildman–Crippen LogP) is 3.23. The first-order valence-electron chi connectivity index (χ1n) is 14.2. The summed E-state index contributed by atoms with van der Waals surface area (Å²) in [6.07, 6.45) is 7.53. The van der Waals surface area contributed by atoms with Gasteiger partial charge in [-0.25, -0.2) is 4.39 Å². The van der Waals surface area contributed by atoms with Crippen LogP contribution in [0.15, 0.2) is 72.6 Å². The van der Waals surface area contributed by atoms with Crippen LogP contribution in [0.3, 0.4) is 0 Å². The molecule has 2 aromatic carbocycles. The number of halogens is 1. The highest BCUT2D eigenvalue weighted by Crippen LogP contribution is 2.35. The average molecular weight is 587 g/mol. The standard InChI is InChI=1S/C32H31FN4O6/c33-25-6-8-26(9-7-25)43-27-3-1-2-23(15-27)30(39)36-19-29(38)37-20-32(41-12-13-42-32)16-28(37)31(40)35-17-21-4-5-22-10-11-34-18-24(22)14-21/h1-3,6-11,14-15,18,28H,4-5,12-13,16-17,19-20H2,(H,35,40)(H,36,39)/t28-/m0/s1. The van der Waals surface area contributed by atoms with Crippen LogP contribution in [-0.4, -0.2) is 72.3 Å². The maximum atomic E-state index is 13.4. The molecule has 11 heteroatoms. The molecule has 2 aliphatic heterocycles. The molecule has 3 aliphatic rings. The van der Waals surface area contributed by atoms with E-state index in [0.29, 0.717) is 31.3 Å². The molecule has 3 heterocycles. The summed E-state index contributed by atoms with van der Waals surface area (Å²) >= 11 is 0. The molecule has 3 aromatic rings. The second-order valence-electron chi connectivity index (χ2n) is 10.7. The van der Waals surface area contributed by atoms with Crippen LogP contribution < -0.4 is 15.4 Å². The van der Waals surface area contributed by atoms with Crippen molar-refractivity contribution in [3.8, 4) is 11.5 Å². The third-order valence-electron chi connectivity index (χ3n) is 7.79. The number of ether oxygens (including phenoxy) is 3. The van der Waals surface area contributed by atoms with Crippen molar-refractivity contribution in [3.63, 3.8) is 0 Å². The van der Waals surface area contributed by atoms with E-state index in [1.54, 1.807) is 24.4 Å². The van der Waals surface area contributed by atoms with Crippen molar-refractivity contribution < 1.29 is 33.0 Å². The van der Waals surface area contributed by atoms with Crippen LogP contribution in [0.25, 0.3) is 6.08 Å². The van der Waals surface area contributed by atoms with Crippen LogP contribution in [0.1, 0.15) is 34.3 Å². The topological polar surface area (TPSA) is 119 Å². The summed E-state index contributed by atoms with van der Waals surface area (Å²) in [6, 6.07) is 13.1. The Morgan fingerprint density at radius 2 is 1.84 bits per heavy atom. The summed E-state index contributed by atoms with van der Waals surface area (Å²) in [5.74, 6) is -1.85. The van der Waals surface area contributed by atoms with Gasteiger partial charge in [0, 0.05) is 30.9 Å². The van der Waals surface area contributed by atoms with Crippen molar-refractivity contribution in [2.75, 3.05) is 32.8 Å². The first-order valence-corrected chi connectivity index (χ1v) is 14.2. The number of pyridine rings is 1. The van der Waals surface area contributed by atoms with Gasteiger partial charge in [0.1, 0.15) is 23.4 Å². The number of fused-ring (bicyclic) bond motifs is 1. The Morgan fingerprint density at radius 1 is 1.02 bits per heavy atom. The molecule has 0 saturated carbocycles. The van der Waals surface area contributed by atoms with Crippen LogP contribution in [0.5, 0.6) is 11.5 Å². The molecular weight excluding hydrogens is 555 g/mol. The third-order valence-corrected chi connectivity index (χ3v) is 7.79. The molecule has 0 unspecified atom stereocenters. The molecule has 6 rings (SSSR count). The largest absolute Gasteiger partial charge is 0.457 e. The number of amides is 3. The summed E-state index contributed by atoms with van der Waals surface area (Å²) in [5, 5.41) is 5.62. The van der Waals surface area contributed by atoms with Crippen molar-refractivity contribution in [1.82, 2.24) is 20.5 Å². The van der Waals surface area contributed by atoms with E-state index in [2.05, 4.69) is 15.6 Å². The quantitative estimate of drug-likeness (QED) is 0.416. The summed E-state index contributed by atoms with van der Waals surface area (Å²) in [6.45, 7) is 0.875. The van der Waals surface area contributed by atoms with Gasteiger partial charge in [-0.15, -0.1) is 0 Å². The normalized spacial score (nSPS) is 18.6. The zero-order chi connectivity index (χ0) is 29.8. The molecule has 3 amide bonds. The van der Waals surface area contributed by atoms with Crippen LogP contribution in [0.4, 0.5) is 4.39 Å². The number of aryl methyl sites for hydroxylation is 1. The summed E-state index contributed by atoms with van der Waals surface area (Å²) in [7, 11) is 0. The van der Waals surface area contributed by atoms with Gasteiger partial charge in [-0.3, -0.25) is 19.4 Å². The van der Waals surface area contributed by atoms with Crippen molar-refractivity contribution in [3.05, 3.63) is 95.1 Å². The highest BCUT2D eigenvalue weighted by atomic mass is 19.1. The minimum absolute atomic E-state index is 0.0858. The van der Waals surface area contributed by atoms with Gasteiger partial charge < -0.3 is 29.7 Å². The lowest BCUT2D eigenvalue weighted by Gasteiger charge is -2.24. The fraction of sp³-hybridized carbons (Fsp3) is 0.312. The molecule has 2 saturated heterocycles. The number of carbonyl (C=O) groups is 3. The zero-order valence-electron chi connectivity index (χ0n) is 23.4. The molecule has 1 atom stereocenters. The Morgan fingerprint density at radius 3 is 2.65 bits per heavy atom. The molecule has 2 fully saturated rings. The molecular formula is C32H31FN4O6. The molecule has 43 heavy (non-hydrogen) atoms. The zero-order valence-corrected chi connectivity index (χ0v) is 23.4. The first-order chi connectivity index (χ1) is 20.9. The third kappa shape index (κ3) is 6.58. The minimum atomic E-state index is -1.04. The number of hydrogen-bond donors (Lipinski definition) is 2. The van der Waals surface area contributed by atoms with Crippen molar-refractivity contribution in [2.24, 2.45) is 0 Å². The van der Waals surface area contributed by atoms with Gasteiger partial charge in [0.25, 0.3) is 5.91 Å². The molecule has 1 aromatic heterocycles. The molecule has 2 N–H and O–H groups in total. The summed E-state index contributed by atoms with van der Waals surface area (Å²) < 4.78 is 30.5. The van der Waals surface area contributed by atoms with Gasteiger partial charge in [-0.2, -0.15) is 0 Å². The Labute approximate surface area is 247 Å². The molecule has 222 valence electrons. The minimum Gasteiger partial charge on any atom is -0.457 e. The van der Waals surface area contributed by atoms with Crippen molar-refractivity contribution >= 4 is 23.8 Å². The number of likely N-dealkylation sites (tertiary alicyclic amines) is 1. The average Bonchev–Trinajstić information content (AvgIpc) is 3.66. The fourth-order valence-corrected chi connectivity index (χ4v) is 5.58. The Balaban J connectivity index is 1.08. The fourth-order valence-electron chi connectivity index (χ4n) is 5.58. The van der Waals surface area contributed by atoms with E-state index in [4.69, 9.17) is 14.2 Å². The van der Waals surface area contributed by atoms with Gasteiger partial charge in [0.05, 0.1) is 26.3 Å². The maximum Gasteiger partial charge on any atom is 0.251 e. The van der Waals surface area contributed by atoms with E-state index in [9.17, 15) is 18.8 Å². The highest BCUT2D eigenvalue weighted by molar-refractivity contribution is 5.97. The van der Waals surface area contributed by atoms with E-state index in [1.807, 2.05) is 18.3 Å². The Bertz CT molecular complexity index is 1550. The van der Waals surface area contributed by atoms with E-state index >= 15 is 0 Å². The number of aromatic nitrogens is 1. The second-order valence-corrected chi connectivity index (χ2v) is 10.7. The second kappa shape index (κ2) is 12.3. The molecule has 10 nitrogen and oxygen atoms in total. The Hall–Kier alpha value is -4.61. The Kier molecular flexibility index (Phi) is 8.17. The van der Waals surface area contributed by atoms with Gasteiger partial charge in [0.2, 0.25) is 11.8 Å². The monoisotopic (exact) mass is 586 g/mol. The van der Waals surface area contributed by atoms with E-state index in [0.717, 1.165) is 24.0 Å². The summed E-state index contributed by atoms with van der Waals surface area (Å²) in [5.41, 5.74) is 3.63. The smallest absolute Gasteiger partial charge is 0.251 e. The maximum absolute atomic E-state index is 13.4. The SMILES string of the molecule is O=C(NCC(=O)N1CC2(C[C@H]1C(=O)NCC1=Cc3cnccc3CC1)OCCO2)c1cccc(Oc2ccc(F)cc2)c1. The number of benzene rings is 2. The molecule has 0 radical (unpaired) electrons. The van der Waals surface area contributed by atoms with E-state index < -0.39 is 23.6 Å². The lowest BCUT2D eigenvalue weighted by atomic mass is 9.94. The highest BCUT2D eigenvalue weighted by Gasteiger charge is 2.52. The number of hydrogen-bond acceptors (Lipinski definition) is 7. The number of carbonyl (C=O) groups excluding carboxylic acids is 3. The van der Waals surface area contributed by atoms with Crippen LogP contribution >= 0.6 is 0 Å². The van der Waals surface area contributed by atoms with Gasteiger partial charge in [-0.05, 0) is 72.5 Å². The lowest BCUT2D eigenvalue weighted by Crippen LogP contribution is -2.49. The number of nitrogens with zero attached hydrogens (tertiary/aromatic N) is 2. The van der Waals surface area contributed by atoms with Crippen molar-refractivity contribution in [1.29, 1.82) is 0 Å². The van der Waals surface area contributed by atoms with E-state index in [-0.39, 0.29) is 36.8 Å². The summed E-state index contributed by atoms with van der Waals surface area (Å²) in [4.78, 5) is 45.3. The van der Waals surface area contributed by atoms with Gasteiger partial charge in [0.15, 0.2) is 5.79 Å². The predicted molar refractivity (Wildman–Crippen MR) is 154 cm³/mol. The van der Waals surface area contributed by atoms with Gasteiger partial charge >= 0.3 is 0 Å². The lowest BCUT2D eigenvalue weighted by molar-refractivity contribution is -0.152.